The molecule has 9 aromatic carbocycles. The minimum atomic E-state index is 0.582. The highest BCUT2D eigenvalue weighted by Crippen LogP contribution is 2.40. The fourth-order valence-electron chi connectivity index (χ4n) is 8.86. The van der Waals surface area contributed by atoms with Gasteiger partial charge in [0.25, 0.3) is 0 Å². The van der Waals surface area contributed by atoms with E-state index in [-0.39, 0.29) is 0 Å². The Balaban J connectivity index is 0.941. The molecule has 0 bridgehead atoms. The molecule has 12 aromatic rings. The summed E-state index contributed by atoms with van der Waals surface area (Å²) in [7, 11) is 0. The van der Waals surface area contributed by atoms with Crippen LogP contribution in [0.25, 0.3) is 117 Å². The Labute approximate surface area is 357 Å². The standard InChI is InChI=1S/C57H36N4O/c1-4-15-37(16-5-1)39-19-13-22-43(34-39)56-58-55(38-17-6-2-7-18-38)59-57(60-56)44-29-31-48-49-27-14-26-46(54(49)62-53(48)36-44)42-21-12-20-40(33-42)41-30-32-52-50(35-41)47-25-10-11-28-51(47)61(52)45-23-8-3-9-24-45/h1-36H. The number of aromatic nitrogens is 4. The maximum atomic E-state index is 6.82. The Morgan fingerprint density at radius 1 is 0.306 bits per heavy atom. The van der Waals surface area contributed by atoms with Crippen LogP contribution in [0.3, 0.4) is 0 Å². The molecule has 62 heavy (non-hydrogen) atoms. The highest BCUT2D eigenvalue weighted by Gasteiger charge is 2.18. The maximum Gasteiger partial charge on any atom is 0.164 e. The molecular weight excluding hydrogens is 757 g/mol. The van der Waals surface area contributed by atoms with Crippen LogP contribution in [-0.4, -0.2) is 19.5 Å². The largest absolute Gasteiger partial charge is 0.455 e. The first-order valence-electron chi connectivity index (χ1n) is 20.8. The molecule has 0 atom stereocenters. The van der Waals surface area contributed by atoms with Gasteiger partial charge in [-0.1, -0.05) is 164 Å². The van der Waals surface area contributed by atoms with E-state index in [0.717, 1.165) is 77.7 Å². The predicted molar refractivity (Wildman–Crippen MR) is 254 cm³/mol. The molecule has 0 saturated carbocycles. The van der Waals surface area contributed by atoms with E-state index in [9.17, 15) is 0 Å². The molecule has 0 unspecified atom stereocenters. The van der Waals surface area contributed by atoms with E-state index in [2.05, 4.69) is 187 Å². The summed E-state index contributed by atoms with van der Waals surface area (Å²) in [5.74, 6) is 1.81. The van der Waals surface area contributed by atoms with Crippen molar-refractivity contribution in [3.05, 3.63) is 218 Å². The smallest absolute Gasteiger partial charge is 0.164 e. The minimum Gasteiger partial charge on any atom is -0.455 e. The van der Waals surface area contributed by atoms with Crippen LogP contribution in [0.1, 0.15) is 0 Å². The minimum absolute atomic E-state index is 0.582. The van der Waals surface area contributed by atoms with Gasteiger partial charge in [0.15, 0.2) is 17.5 Å². The summed E-state index contributed by atoms with van der Waals surface area (Å²) in [4.78, 5) is 15.1. The highest BCUT2D eigenvalue weighted by molar-refractivity contribution is 6.12. The molecule has 0 amide bonds. The van der Waals surface area contributed by atoms with Crippen molar-refractivity contribution in [3.8, 4) is 73.2 Å². The molecule has 5 heteroatoms. The lowest BCUT2D eigenvalue weighted by Crippen LogP contribution is -2.00. The molecule has 3 aromatic heterocycles. The molecule has 0 spiro atoms. The van der Waals surface area contributed by atoms with E-state index >= 15 is 0 Å². The average molecular weight is 793 g/mol. The summed E-state index contributed by atoms with van der Waals surface area (Å²) in [6.07, 6.45) is 0. The van der Waals surface area contributed by atoms with Crippen LogP contribution in [0.5, 0.6) is 0 Å². The van der Waals surface area contributed by atoms with Crippen LogP contribution in [0.15, 0.2) is 223 Å². The van der Waals surface area contributed by atoms with Crippen molar-refractivity contribution in [3.63, 3.8) is 0 Å². The van der Waals surface area contributed by atoms with Crippen molar-refractivity contribution >= 4 is 43.7 Å². The number of nitrogens with zero attached hydrogens (tertiary/aromatic N) is 4. The Bertz CT molecular complexity index is 3630. The van der Waals surface area contributed by atoms with Gasteiger partial charge in [-0.05, 0) is 82.4 Å². The van der Waals surface area contributed by atoms with E-state index < -0.39 is 0 Å². The summed E-state index contributed by atoms with van der Waals surface area (Å²) < 4.78 is 9.17. The van der Waals surface area contributed by atoms with Crippen molar-refractivity contribution in [1.29, 1.82) is 0 Å². The lowest BCUT2D eigenvalue weighted by Gasteiger charge is -2.09. The van der Waals surface area contributed by atoms with E-state index in [1.165, 1.54) is 21.8 Å². The number of hydrogen-bond donors (Lipinski definition) is 0. The maximum absolute atomic E-state index is 6.82. The second-order valence-corrected chi connectivity index (χ2v) is 15.6. The molecule has 0 saturated heterocycles. The van der Waals surface area contributed by atoms with E-state index in [4.69, 9.17) is 19.4 Å². The number of furan rings is 1. The number of hydrogen-bond acceptors (Lipinski definition) is 4. The lowest BCUT2D eigenvalue weighted by molar-refractivity contribution is 0.670. The quantitative estimate of drug-likeness (QED) is 0.161. The van der Waals surface area contributed by atoms with E-state index in [1.807, 2.05) is 36.4 Å². The van der Waals surface area contributed by atoms with Crippen LogP contribution in [0.2, 0.25) is 0 Å². The number of rotatable bonds is 7. The van der Waals surface area contributed by atoms with Crippen LogP contribution >= 0.6 is 0 Å². The number of fused-ring (bicyclic) bond motifs is 6. The van der Waals surface area contributed by atoms with Crippen molar-refractivity contribution in [2.75, 3.05) is 0 Å². The topological polar surface area (TPSA) is 56.7 Å². The van der Waals surface area contributed by atoms with E-state index in [1.54, 1.807) is 0 Å². The van der Waals surface area contributed by atoms with Crippen LogP contribution in [-0.2, 0) is 0 Å². The predicted octanol–water partition coefficient (Wildman–Crippen LogP) is 14.9. The second kappa shape index (κ2) is 14.7. The zero-order valence-corrected chi connectivity index (χ0v) is 33.5. The van der Waals surface area contributed by atoms with Crippen LogP contribution in [0, 0.1) is 0 Å². The molecule has 0 N–H and O–H groups in total. The Kier molecular flexibility index (Phi) is 8.42. The first kappa shape index (κ1) is 35.5. The highest BCUT2D eigenvalue weighted by atomic mass is 16.3. The van der Waals surface area contributed by atoms with Gasteiger partial charge in [-0.25, -0.2) is 15.0 Å². The molecule has 12 rings (SSSR count). The van der Waals surface area contributed by atoms with Gasteiger partial charge in [0.1, 0.15) is 11.2 Å². The third-order valence-electron chi connectivity index (χ3n) is 11.8. The molecular formula is C57H36N4O. The summed E-state index contributed by atoms with van der Waals surface area (Å²) in [5.41, 5.74) is 14.5. The number of benzene rings is 9. The fourth-order valence-corrected chi connectivity index (χ4v) is 8.86. The number of para-hydroxylation sites is 3. The normalized spacial score (nSPS) is 11.5. The summed E-state index contributed by atoms with van der Waals surface area (Å²) >= 11 is 0. The molecule has 290 valence electrons. The molecule has 0 radical (unpaired) electrons. The SMILES string of the molecule is c1ccc(-c2cccc(-c3nc(-c4ccccc4)nc(-c4ccc5c(c4)oc4c(-c6cccc(-c7ccc8c(c7)c7ccccc7n8-c7ccccc7)c6)cccc45)n3)c2)cc1. The molecule has 5 nitrogen and oxygen atoms in total. The molecule has 0 aliphatic rings. The molecule has 0 aliphatic carbocycles. The van der Waals surface area contributed by atoms with Gasteiger partial charge in [0.05, 0.1) is 11.0 Å². The molecule has 0 fully saturated rings. The van der Waals surface area contributed by atoms with Crippen molar-refractivity contribution in [2.45, 2.75) is 0 Å². The van der Waals surface area contributed by atoms with Gasteiger partial charge in [-0.2, -0.15) is 0 Å². The fraction of sp³-hybridized carbons (Fsp3) is 0. The van der Waals surface area contributed by atoms with Gasteiger partial charge in [0, 0.05) is 49.5 Å². The van der Waals surface area contributed by atoms with Crippen molar-refractivity contribution in [1.82, 2.24) is 19.5 Å². The average Bonchev–Trinajstić information content (AvgIpc) is 3.90. The van der Waals surface area contributed by atoms with Crippen molar-refractivity contribution < 1.29 is 4.42 Å². The third kappa shape index (κ3) is 6.14. The van der Waals surface area contributed by atoms with E-state index in [0.29, 0.717) is 17.5 Å². The third-order valence-corrected chi connectivity index (χ3v) is 11.8. The lowest BCUT2D eigenvalue weighted by atomic mass is 9.97. The van der Waals surface area contributed by atoms with Gasteiger partial charge < -0.3 is 8.98 Å². The Hall–Kier alpha value is -8.41. The van der Waals surface area contributed by atoms with Crippen LogP contribution in [0.4, 0.5) is 0 Å². The zero-order valence-electron chi connectivity index (χ0n) is 33.5. The van der Waals surface area contributed by atoms with Gasteiger partial charge in [-0.3, -0.25) is 0 Å². The molecule has 3 heterocycles. The van der Waals surface area contributed by atoms with Gasteiger partial charge >= 0.3 is 0 Å². The first-order chi connectivity index (χ1) is 30.7. The zero-order chi connectivity index (χ0) is 41.0. The molecule has 0 aliphatic heterocycles. The Morgan fingerprint density at radius 3 is 1.60 bits per heavy atom. The monoisotopic (exact) mass is 792 g/mol. The van der Waals surface area contributed by atoms with Crippen molar-refractivity contribution in [2.24, 2.45) is 0 Å². The second-order valence-electron chi connectivity index (χ2n) is 15.6. The summed E-state index contributed by atoms with van der Waals surface area (Å²) in [6.45, 7) is 0. The first-order valence-corrected chi connectivity index (χ1v) is 20.8. The summed E-state index contributed by atoms with van der Waals surface area (Å²) in [6, 6.07) is 76.3. The Morgan fingerprint density at radius 2 is 0.823 bits per heavy atom. The van der Waals surface area contributed by atoms with Crippen LogP contribution < -0.4 is 0 Å². The van der Waals surface area contributed by atoms with Gasteiger partial charge in [-0.15, -0.1) is 0 Å². The summed E-state index contributed by atoms with van der Waals surface area (Å²) in [5, 5.41) is 4.56. The van der Waals surface area contributed by atoms with Gasteiger partial charge in [0.2, 0.25) is 0 Å².